The molecule has 1 heterocycles. The van der Waals surface area contributed by atoms with Gasteiger partial charge in [-0.1, -0.05) is 80.5 Å². The molecular weight excluding hydrogens is 480 g/mol. The third-order valence-corrected chi connectivity index (χ3v) is 6.52. The molecule has 1 aliphatic heterocycles. The minimum absolute atomic E-state index is 0.0648. The minimum Gasteiger partial charge on any atom is -0.356 e. The van der Waals surface area contributed by atoms with Gasteiger partial charge in [0.05, 0.1) is 6.42 Å². The quantitative estimate of drug-likeness (QED) is 0.355. The van der Waals surface area contributed by atoms with Gasteiger partial charge in [-0.15, -0.1) is 4.90 Å². The van der Waals surface area contributed by atoms with Crippen molar-refractivity contribution >= 4 is 35.2 Å². The first-order chi connectivity index (χ1) is 18.5. The Morgan fingerprint density at radius 3 is 2.39 bits per heavy atom. The summed E-state index contributed by atoms with van der Waals surface area (Å²) < 4.78 is 1.35. The van der Waals surface area contributed by atoms with Crippen LogP contribution in [0.15, 0.2) is 78.9 Å². The van der Waals surface area contributed by atoms with Crippen LogP contribution in [0.2, 0.25) is 0 Å². The third kappa shape index (κ3) is 6.51. The highest BCUT2D eigenvalue weighted by atomic mass is 16.2. The van der Waals surface area contributed by atoms with Crippen molar-refractivity contribution in [2.45, 2.75) is 39.2 Å². The lowest BCUT2D eigenvalue weighted by Gasteiger charge is -2.26. The SMILES string of the molecule is CCCCCNC(=O)Cc1ccc(N2C(=O)C3C=CC=CC3=[N+](CC(=O)NCc3ccccc3)C2=O)cc1. The van der Waals surface area contributed by atoms with Crippen LogP contribution in [-0.4, -0.2) is 47.1 Å². The zero-order valence-corrected chi connectivity index (χ0v) is 21.6. The Morgan fingerprint density at radius 1 is 0.895 bits per heavy atom. The van der Waals surface area contributed by atoms with Crippen LogP contribution < -0.4 is 15.5 Å². The smallest absolute Gasteiger partial charge is 0.356 e. The molecule has 8 heteroatoms. The van der Waals surface area contributed by atoms with Crippen LogP contribution in [0.3, 0.4) is 0 Å². The summed E-state index contributed by atoms with van der Waals surface area (Å²) in [4.78, 5) is 53.0. The maximum atomic E-state index is 13.5. The van der Waals surface area contributed by atoms with Crippen LogP contribution in [0.1, 0.15) is 37.3 Å². The highest BCUT2D eigenvalue weighted by molar-refractivity contribution is 6.26. The molecule has 8 nitrogen and oxygen atoms in total. The maximum Gasteiger partial charge on any atom is 0.506 e. The average molecular weight is 514 g/mol. The molecule has 5 amide bonds. The van der Waals surface area contributed by atoms with Gasteiger partial charge in [0.1, 0.15) is 17.3 Å². The first-order valence-corrected chi connectivity index (χ1v) is 13.0. The monoisotopic (exact) mass is 513 g/mol. The lowest BCUT2D eigenvalue weighted by molar-refractivity contribution is -0.417. The summed E-state index contributed by atoms with van der Waals surface area (Å²) in [6, 6.07) is 15.7. The van der Waals surface area contributed by atoms with Crippen LogP contribution in [0.4, 0.5) is 10.5 Å². The molecule has 1 unspecified atom stereocenters. The summed E-state index contributed by atoms with van der Waals surface area (Å²) in [6.07, 6.45) is 10.3. The van der Waals surface area contributed by atoms with E-state index in [1.807, 2.05) is 30.3 Å². The van der Waals surface area contributed by atoms with Crippen molar-refractivity contribution in [2.24, 2.45) is 5.92 Å². The Bertz CT molecular complexity index is 1280. The number of fused-ring (bicyclic) bond motifs is 1. The normalized spacial score (nSPS) is 16.4. The molecule has 38 heavy (non-hydrogen) atoms. The number of amides is 5. The lowest BCUT2D eigenvalue weighted by atomic mass is 9.94. The van der Waals surface area contributed by atoms with Crippen LogP contribution in [-0.2, 0) is 27.3 Å². The number of hydrogen-bond donors (Lipinski definition) is 2. The van der Waals surface area contributed by atoms with Gasteiger partial charge in [-0.25, -0.2) is 4.79 Å². The zero-order chi connectivity index (χ0) is 26.9. The summed E-state index contributed by atoms with van der Waals surface area (Å²) in [6.45, 7) is 2.89. The lowest BCUT2D eigenvalue weighted by Crippen LogP contribution is -2.56. The van der Waals surface area contributed by atoms with E-state index in [2.05, 4.69) is 17.6 Å². The fourth-order valence-corrected chi connectivity index (χ4v) is 4.47. The molecule has 0 spiro atoms. The van der Waals surface area contributed by atoms with Gasteiger partial charge in [-0.3, -0.25) is 9.59 Å². The molecule has 2 aliphatic rings. The first-order valence-electron chi connectivity index (χ1n) is 13.0. The number of carbonyl (C=O) groups is 4. The summed E-state index contributed by atoms with van der Waals surface area (Å²) in [5.74, 6) is -1.45. The van der Waals surface area contributed by atoms with Crippen molar-refractivity contribution < 1.29 is 23.8 Å². The van der Waals surface area contributed by atoms with Gasteiger partial charge in [0, 0.05) is 13.1 Å². The molecule has 0 saturated carbocycles. The van der Waals surface area contributed by atoms with Crippen LogP contribution >= 0.6 is 0 Å². The summed E-state index contributed by atoms with van der Waals surface area (Å²) in [7, 11) is 0. The van der Waals surface area contributed by atoms with Crippen molar-refractivity contribution in [1.29, 1.82) is 0 Å². The van der Waals surface area contributed by atoms with E-state index in [1.165, 1.54) is 4.58 Å². The molecule has 1 aliphatic carbocycles. The van der Waals surface area contributed by atoms with E-state index in [0.717, 1.165) is 35.3 Å². The molecule has 4 rings (SSSR count). The second kappa shape index (κ2) is 12.8. The van der Waals surface area contributed by atoms with Crippen molar-refractivity contribution in [3.63, 3.8) is 0 Å². The van der Waals surface area contributed by atoms with E-state index in [0.29, 0.717) is 24.5 Å². The average Bonchev–Trinajstić information content (AvgIpc) is 2.94. The van der Waals surface area contributed by atoms with Gasteiger partial charge >= 0.3 is 11.9 Å². The molecule has 2 N–H and O–H groups in total. The molecular formula is C30H33N4O4+. The number of unbranched alkanes of at least 4 members (excludes halogenated alkanes) is 2. The number of carbonyl (C=O) groups excluding carboxylic acids is 4. The number of rotatable bonds is 11. The standard InChI is InChI=1S/C30H32N4O4/c1-2-3-9-18-31-27(35)19-22-14-16-24(17-15-22)34-29(37)25-12-7-8-13-26(25)33(30(34)38)21-28(36)32-20-23-10-5-4-6-11-23/h4-8,10-17,25H,2-3,9,18-21H2,1H3,(H-,31,32,35,36)/p+1. The van der Waals surface area contributed by atoms with Gasteiger partial charge in [-0.2, -0.15) is 9.37 Å². The molecule has 2 aromatic carbocycles. The van der Waals surface area contributed by atoms with Gasteiger partial charge in [0.15, 0.2) is 6.54 Å². The number of allylic oxidation sites excluding steroid dienone is 3. The number of nitrogens with zero attached hydrogens (tertiary/aromatic N) is 2. The predicted octanol–water partition coefficient (Wildman–Crippen LogP) is 3.51. The second-order valence-corrected chi connectivity index (χ2v) is 9.35. The van der Waals surface area contributed by atoms with E-state index in [4.69, 9.17) is 0 Å². The Labute approximate surface area is 222 Å². The molecule has 0 bridgehead atoms. The molecule has 0 fully saturated rings. The summed E-state index contributed by atoms with van der Waals surface area (Å²) in [5, 5.41) is 5.76. The topological polar surface area (TPSA) is 98.6 Å². The van der Waals surface area contributed by atoms with Crippen molar-refractivity contribution in [2.75, 3.05) is 18.0 Å². The zero-order valence-electron chi connectivity index (χ0n) is 21.6. The number of urea groups is 1. The van der Waals surface area contributed by atoms with Gasteiger partial charge in [-0.05, 0) is 35.8 Å². The Hall–Kier alpha value is -4.33. The number of hydrogen-bond acceptors (Lipinski definition) is 4. The molecule has 1 atom stereocenters. The molecule has 0 aromatic heterocycles. The Kier molecular flexibility index (Phi) is 8.98. The van der Waals surface area contributed by atoms with E-state index in [1.54, 1.807) is 48.6 Å². The maximum absolute atomic E-state index is 13.5. The van der Waals surface area contributed by atoms with E-state index in [9.17, 15) is 19.2 Å². The van der Waals surface area contributed by atoms with E-state index >= 15 is 0 Å². The molecule has 2 aromatic rings. The van der Waals surface area contributed by atoms with Crippen molar-refractivity contribution in [3.05, 3.63) is 90.0 Å². The first kappa shape index (κ1) is 26.7. The summed E-state index contributed by atoms with van der Waals surface area (Å²) in [5.41, 5.74) is 2.60. The number of imide groups is 1. The summed E-state index contributed by atoms with van der Waals surface area (Å²) >= 11 is 0. The minimum atomic E-state index is -0.673. The van der Waals surface area contributed by atoms with Crippen molar-refractivity contribution in [3.8, 4) is 0 Å². The second-order valence-electron chi connectivity index (χ2n) is 9.35. The van der Waals surface area contributed by atoms with E-state index in [-0.39, 0.29) is 30.7 Å². The van der Waals surface area contributed by atoms with Crippen molar-refractivity contribution in [1.82, 2.24) is 10.6 Å². The fraction of sp³-hybridized carbons (Fsp3) is 0.300. The van der Waals surface area contributed by atoms with Crippen LogP contribution in [0, 0.1) is 5.92 Å². The highest BCUT2D eigenvalue weighted by Gasteiger charge is 2.48. The van der Waals surface area contributed by atoms with Crippen LogP contribution in [0.25, 0.3) is 0 Å². The predicted molar refractivity (Wildman–Crippen MR) is 146 cm³/mol. The van der Waals surface area contributed by atoms with Crippen LogP contribution in [0.5, 0.6) is 0 Å². The van der Waals surface area contributed by atoms with E-state index < -0.39 is 11.9 Å². The Balaban J connectivity index is 1.47. The molecule has 0 radical (unpaired) electrons. The molecule has 0 saturated heterocycles. The van der Waals surface area contributed by atoms with Gasteiger partial charge in [0.25, 0.3) is 5.91 Å². The number of anilines is 1. The third-order valence-electron chi connectivity index (χ3n) is 6.52. The number of benzene rings is 2. The van der Waals surface area contributed by atoms with Gasteiger partial charge in [0.2, 0.25) is 5.91 Å². The Morgan fingerprint density at radius 2 is 1.66 bits per heavy atom. The largest absolute Gasteiger partial charge is 0.506 e. The van der Waals surface area contributed by atoms with Gasteiger partial charge < -0.3 is 10.6 Å². The number of nitrogens with one attached hydrogen (secondary N) is 2. The molecule has 196 valence electrons. The fourth-order valence-electron chi connectivity index (χ4n) is 4.47. The highest BCUT2D eigenvalue weighted by Crippen LogP contribution is 2.26.